The summed E-state index contributed by atoms with van der Waals surface area (Å²) in [6, 6.07) is 10.3. The van der Waals surface area contributed by atoms with Crippen LogP contribution in [0.5, 0.6) is 0 Å². The van der Waals surface area contributed by atoms with E-state index >= 15 is 0 Å². The highest BCUT2D eigenvalue weighted by molar-refractivity contribution is 5.51. The van der Waals surface area contributed by atoms with E-state index in [2.05, 4.69) is 38.8 Å². The van der Waals surface area contributed by atoms with E-state index in [0.717, 1.165) is 30.2 Å². The molecule has 0 atom stereocenters. The Morgan fingerprint density at radius 1 is 1.19 bits per heavy atom. The maximum absolute atomic E-state index is 4.26. The van der Waals surface area contributed by atoms with Gasteiger partial charge in [0.1, 0.15) is 0 Å². The van der Waals surface area contributed by atoms with Crippen LogP contribution in [0.4, 0.5) is 5.69 Å². The van der Waals surface area contributed by atoms with Crippen LogP contribution in [0.3, 0.4) is 0 Å². The van der Waals surface area contributed by atoms with E-state index < -0.39 is 0 Å². The van der Waals surface area contributed by atoms with Crippen LogP contribution in [0.15, 0.2) is 42.7 Å². The molecule has 3 aromatic rings. The van der Waals surface area contributed by atoms with Gasteiger partial charge in [0, 0.05) is 35.9 Å². The van der Waals surface area contributed by atoms with Crippen LogP contribution in [0.1, 0.15) is 22.5 Å². The van der Waals surface area contributed by atoms with Crippen molar-refractivity contribution in [3.8, 4) is 0 Å². The molecule has 2 heterocycles. The zero-order chi connectivity index (χ0) is 14.7. The number of hydrogen-bond acceptors (Lipinski definition) is 3. The van der Waals surface area contributed by atoms with E-state index in [1.54, 1.807) is 6.20 Å². The van der Waals surface area contributed by atoms with Crippen molar-refractivity contribution in [3.05, 3.63) is 65.2 Å². The molecular weight excluding hydrogens is 262 g/mol. The van der Waals surface area contributed by atoms with Crippen molar-refractivity contribution in [2.75, 3.05) is 5.32 Å². The number of benzene rings is 1. The first-order valence-corrected chi connectivity index (χ1v) is 7.03. The zero-order valence-corrected chi connectivity index (χ0v) is 12.3. The van der Waals surface area contributed by atoms with E-state index in [1.807, 2.05) is 36.9 Å². The number of aromatic nitrogens is 4. The summed E-state index contributed by atoms with van der Waals surface area (Å²) >= 11 is 0. The fourth-order valence-electron chi connectivity index (χ4n) is 2.42. The average molecular weight is 281 g/mol. The fourth-order valence-corrected chi connectivity index (χ4v) is 2.42. The lowest BCUT2D eigenvalue weighted by atomic mass is 10.1. The summed E-state index contributed by atoms with van der Waals surface area (Å²) in [7, 11) is 0. The predicted octanol–water partition coefficient (Wildman–Crippen LogP) is 2.88. The largest absolute Gasteiger partial charge is 0.381 e. The number of aromatic amines is 1. The molecule has 0 aliphatic rings. The normalized spacial score (nSPS) is 10.8. The number of anilines is 1. The first-order valence-electron chi connectivity index (χ1n) is 7.03. The lowest BCUT2D eigenvalue weighted by Crippen LogP contribution is -2.07. The Morgan fingerprint density at radius 2 is 2.05 bits per heavy atom. The third-order valence-electron chi connectivity index (χ3n) is 3.65. The van der Waals surface area contributed by atoms with Crippen LogP contribution in [0.2, 0.25) is 0 Å². The Labute approximate surface area is 124 Å². The number of rotatable bonds is 5. The van der Waals surface area contributed by atoms with Gasteiger partial charge in [-0.15, -0.1) is 0 Å². The number of para-hydroxylation sites is 1. The Bertz CT molecular complexity index is 693. The molecule has 0 fully saturated rings. The van der Waals surface area contributed by atoms with E-state index in [1.165, 1.54) is 11.1 Å². The molecule has 0 unspecified atom stereocenters. The molecule has 2 N–H and O–H groups in total. The number of nitrogens with one attached hydrogen (secondary N) is 2. The molecule has 5 nitrogen and oxygen atoms in total. The quantitative estimate of drug-likeness (QED) is 0.756. The second-order valence-corrected chi connectivity index (χ2v) is 5.13. The summed E-state index contributed by atoms with van der Waals surface area (Å²) in [4.78, 5) is 0. The molecular formula is C16H19N5. The molecule has 0 spiro atoms. The maximum atomic E-state index is 4.26. The van der Waals surface area contributed by atoms with Gasteiger partial charge in [-0.05, 0) is 31.5 Å². The van der Waals surface area contributed by atoms with Crippen LogP contribution < -0.4 is 5.32 Å². The molecule has 0 aliphatic heterocycles. The van der Waals surface area contributed by atoms with Crippen molar-refractivity contribution in [2.45, 2.75) is 26.9 Å². The van der Waals surface area contributed by atoms with Crippen molar-refractivity contribution in [1.82, 2.24) is 20.0 Å². The number of hydrogen-bond donors (Lipinski definition) is 2. The monoisotopic (exact) mass is 281 g/mol. The van der Waals surface area contributed by atoms with Gasteiger partial charge in [-0.1, -0.05) is 18.2 Å². The van der Waals surface area contributed by atoms with Gasteiger partial charge in [0.2, 0.25) is 0 Å². The Kier molecular flexibility index (Phi) is 3.73. The van der Waals surface area contributed by atoms with Gasteiger partial charge in [0.05, 0.1) is 12.2 Å². The lowest BCUT2D eigenvalue weighted by molar-refractivity contribution is 0.687. The first-order chi connectivity index (χ1) is 10.2. The van der Waals surface area contributed by atoms with E-state index in [9.17, 15) is 0 Å². The number of H-pyrrole nitrogens is 1. The third-order valence-corrected chi connectivity index (χ3v) is 3.65. The van der Waals surface area contributed by atoms with Gasteiger partial charge in [0.25, 0.3) is 0 Å². The van der Waals surface area contributed by atoms with Gasteiger partial charge in [-0.3, -0.25) is 9.78 Å². The van der Waals surface area contributed by atoms with E-state index in [4.69, 9.17) is 0 Å². The zero-order valence-electron chi connectivity index (χ0n) is 12.3. The van der Waals surface area contributed by atoms with Crippen LogP contribution in [-0.2, 0) is 13.1 Å². The van der Waals surface area contributed by atoms with Crippen LogP contribution >= 0.6 is 0 Å². The first kappa shape index (κ1) is 13.4. The second kappa shape index (κ2) is 5.83. The Hall–Kier alpha value is -2.56. The van der Waals surface area contributed by atoms with Gasteiger partial charge in [-0.25, -0.2) is 0 Å². The lowest BCUT2D eigenvalue weighted by Gasteiger charge is -2.12. The fraction of sp³-hybridized carbons (Fsp3) is 0.250. The van der Waals surface area contributed by atoms with E-state index in [-0.39, 0.29) is 0 Å². The van der Waals surface area contributed by atoms with Crippen molar-refractivity contribution in [3.63, 3.8) is 0 Å². The second-order valence-electron chi connectivity index (χ2n) is 5.13. The molecule has 3 rings (SSSR count). The molecule has 0 aliphatic carbocycles. The standard InChI is InChI=1S/C16H19N5/c1-12-15(13(2)20-19-12)10-17-16-7-4-3-6-14(16)11-21-9-5-8-18-21/h3-9,17H,10-11H2,1-2H3,(H,19,20). The summed E-state index contributed by atoms with van der Waals surface area (Å²) in [6.45, 7) is 5.60. The van der Waals surface area contributed by atoms with Crippen LogP contribution in [0.25, 0.3) is 0 Å². The molecule has 0 saturated heterocycles. The molecule has 0 saturated carbocycles. The molecule has 0 amide bonds. The van der Waals surface area contributed by atoms with Crippen molar-refractivity contribution in [1.29, 1.82) is 0 Å². The average Bonchev–Trinajstić information content (AvgIpc) is 3.10. The van der Waals surface area contributed by atoms with Crippen molar-refractivity contribution in [2.24, 2.45) is 0 Å². The van der Waals surface area contributed by atoms with Gasteiger partial charge < -0.3 is 5.32 Å². The minimum absolute atomic E-state index is 0.763. The van der Waals surface area contributed by atoms with Crippen LogP contribution in [0, 0.1) is 13.8 Å². The Balaban J connectivity index is 1.76. The molecule has 1 aromatic carbocycles. The highest BCUT2D eigenvalue weighted by Crippen LogP contribution is 2.18. The molecule has 0 radical (unpaired) electrons. The topological polar surface area (TPSA) is 58.5 Å². The third kappa shape index (κ3) is 2.97. The summed E-state index contributed by atoms with van der Waals surface area (Å²) in [5.74, 6) is 0. The molecule has 21 heavy (non-hydrogen) atoms. The highest BCUT2D eigenvalue weighted by Gasteiger charge is 2.07. The van der Waals surface area contributed by atoms with E-state index in [0.29, 0.717) is 0 Å². The highest BCUT2D eigenvalue weighted by atomic mass is 15.3. The minimum Gasteiger partial charge on any atom is -0.381 e. The minimum atomic E-state index is 0.763. The molecule has 2 aromatic heterocycles. The smallest absolute Gasteiger partial charge is 0.0679 e. The predicted molar refractivity (Wildman–Crippen MR) is 83.2 cm³/mol. The molecule has 108 valence electrons. The molecule has 5 heteroatoms. The van der Waals surface area contributed by atoms with Crippen LogP contribution in [-0.4, -0.2) is 20.0 Å². The summed E-state index contributed by atoms with van der Waals surface area (Å²) in [5.41, 5.74) is 5.74. The summed E-state index contributed by atoms with van der Waals surface area (Å²) in [5, 5.41) is 15.0. The summed E-state index contributed by atoms with van der Waals surface area (Å²) in [6.07, 6.45) is 3.77. The number of nitrogens with zero attached hydrogens (tertiary/aromatic N) is 3. The van der Waals surface area contributed by atoms with Gasteiger partial charge >= 0.3 is 0 Å². The van der Waals surface area contributed by atoms with Crippen molar-refractivity contribution >= 4 is 5.69 Å². The molecule has 0 bridgehead atoms. The number of aryl methyl sites for hydroxylation is 2. The maximum Gasteiger partial charge on any atom is 0.0679 e. The SMILES string of the molecule is Cc1n[nH]c(C)c1CNc1ccccc1Cn1cccn1. The van der Waals surface area contributed by atoms with Gasteiger partial charge in [0.15, 0.2) is 0 Å². The Morgan fingerprint density at radius 3 is 2.76 bits per heavy atom. The van der Waals surface area contributed by atoms with Gasteiger partial charge in [-0.2, -0.15) is 10.2 Å². The van der Waals surface area contributed by atoms with Crippen molar-refractivity contribution < 1.29 is 0 Å². The summed E-state index contributed by atoms with van der Waals surface area (Å²) < 4.78 is 1.93.